The molecular weight excluding hydrogens is 540 g/mol. The average molecular weight is 577 g/mol. The Balaban J connectivity index is 1.31. The number of aliphatic hydroxyl groups is 2. The van der Waals surface area contributed by atoms with E-state index in [0.717, 1.165) is 56.4 Å². The van der Waals surface area contributed by atoms with Crippen molar-refractivity contribution in [2.45, 2.75) is 27.1 Å². The maximum Gasteiger partial charge on any atom is 0.0681 e. The predicted octanol–water partition coefficient (Wildman–Crippen LogP) is 9.89. The van der Waals surface area contributed by atoms with Crippen LogP contribution in [0.2, 0.25) is 0 Å². The van der Waals surface area contributed by atoms with E-state index in [2.05, 4.69) is 145 Å². The minimum absolute atomic E-state index is 0.0249. The van der Waals surface area contributed by atoms with Crippen LogP contribution in [0.15, 0.2) is 146 Å². The third kappa shape index (κ3) is 6.28. The Kier molecular flexibility index (Phi) is 8.55. The van der Waals surface area contributed by atoms with E-state index < -0.39 is 0 Å². The summed E-state index contributed by atoms with van der Waals surface area (Å²) in [6.07, 6.45) is 0. The zero-order chi connectivity index (χ0) is 30.5. The number of aliphatic hydroxyl groups excluding tert-OH is 2. The number of nitrogens with zero attached hydrogens (tertiary/aromatic N) is 2. The van der Waals surface area contributed by atoms with Gasteiger partial charge in [0.05, 0.1) is 13.2 Å². The summed E-state index contributed by atoms with van der Waals surface area (Å²) in [4.78, 5) is 4.46. The van der Waals surface area contributed by atoms with Gasteiger partial charge in [0.25, 0.3) is 0 Å². The Hall–Kier alpha value is -5.16. The van der Waals surface area contributed by atoms with Crippen molar-refractivity contribution in [1.82, 2.24) is 0 Å². The number of hydrogen-bond donors (Lipinski definition) is 2. The molecule has 218 valence electrons. The third-order valence-corrected chi connectivity index (χ3v) is 7.92. The second-order valence-corrected chi connectivity index (χ2v) is 11.1. The van der Waals surface area contributed by atoms with Gasteiger partial charge in [0.1, 0.15) is 0 Å². The summed E-state index contributed by atoms with van der Waals surface area (Å²) in [6.45, 7) is 4.24. The molecule has 0 spiro atoms. The summed E-state index contributed by atoms with van der Waals surface area (Å²) in [7, 11) is 0. The van der Waals surface area contributed by atoms with Gasteiger partial charge in [-0.1, -0.05) is 83.9 Å². The van der Waals surface area contributed by atoms with E-state index in [0.29, 0.717) is 0 Å². The van der Waals surface area contributed by atoms with Gasteiger partial charge in [-0.3, -0.25) is 0 Å². The van der Waals surface area contributed by atoms with E-state index in [-0.39, 0.29) is 13.2 Å². The highest BCUT2D eigenvalue weighted by Gasteiger charge is 2.15. The fourth-order valence-electron chi connectivity index (χ4n) is 5.39. The Morgan fingerprint density at radius 3 is 0.818 bits per heavy atom. The fourth-order valence-corrected chi connectivity index (χ4v) is 5.39. The minimum atomic E-state index is 0.0249. The molecule has 0 radical (unpaired) electrons. The second kappa shape index (κ2) is 13.0. The Morgan fingerprint density at radius 2 is 0.568 bits per heavy atom. The second-order valence-electron chi connectivity index (χ2n) is 11.1. The molecule has 0 aliphatic rings. The molecule has 0 bridgehead atoms. The largest absolute Gasteiger partial charge is 0.392 e. The van der Waals surface area contributed by atoms with Crippen LogP contribution in [-0.2, 0) is 13.2 Å². The van der Waals surface area contributed by atoms with E-state index in [1.165, 1.54) is 11.1 Å². The number of anilines is 6. The zero-order valence-corrected chi connectivity index (χ0v) is 25.1. The van der Waals surface area contributed by atoms with Gasteiger partial charge in [0.15, 0.2) is 0 Å². The maximum atomic E-state index is 9.54. The van der Waals surface area contributed by atoms with Crippen LogP contribution in [0.25, 0.3) is 11.1 Å². The molecule has 6 rings (SSSR count). The monoisotopic (exact) mass is 576 g/mol. The van der Waals surface area contributed by atoms with Gasteiger partial charge in [-0.25, -0.2) is 0 Å². The van der Waals surface area contributed by atoms with Crippen LogP contribution in [0.4, 0.5) is 34.1 Å². The number of hydrogen-bond acceptors (Lipinski definition) is 4. The molecule has 6 aromatic rings. The molecule has 0 heterocycles. The molecule has 0 saturated carbocycles. The Morgan fingerprint density at radius 1 is 0.341 bits per heavy atom. The van der Waals surface area contributed by atoms with Gasteiger partial charge in [0, 0.05) is 34.1 Å². The standard InChI is InChI=1S/C40H36N2O2/c1-29-3-15-35(16-4-29)41(37-19-7-31(27-43)8-20-37)39-23-11-33(12-24-39)34-13-25-40(26-14-34)42(36-17-5-30(2)6-18-36)38-21-9-32(28-44)10-22-38/h3-26,43-44H,27-28H2,1-2H3. The van der Waals surface area contributed by atoms with Gasteiger partial charge in [0.2, 0.25) is 0 Å². The predicted molar refractivity (Wildman–Crippen MR) is 183 cm³/mol. The Bertz CT molecular complexity index is 1660. The van der Waals surface area contributed by atoms with Crippen LogP contribution in [0.1, 0.15) is 22.3 Å². The number of aryl methyl sites for hydroxylation is 2. The molecule has 4 heteroatoms. The molecule has 0 atom stereocenters. The van der Waals surface area contributed by atoms with Crippen LogP contribution < -0.4 is 9.80 Å². The number of rotatable bonds is 9. The first-order valence-corrected chi connectivity index (χ1v) is 14.9. The molecule has 0 unspecified atom stereocenters. The van der Waals surface area contributed by atoms with Crippen molar-refractivity contribution >= 4 is 34.1 Å². The minimum Gasteiger partial charge on any atom is -0.392 e. The third-order valence-electron chi connectivity index (χ3n) is 7.92. The Labute approximate surface area is 259 Å². The van der Waals surface area contributed by atoms with Gasteiger partial charge < -0.3 is 20.0 Å². The summed E-state index contributed by atoms with van der Waals surface area (Å²) >= 11 is 0. The zero-order valence-electron chi connectivity index (χ0n) is 25.1. The van der Waals surface area contributed by atoms with Gasteiger partial charge >= 0.3 is 0 Å². The summed E-state index contributed by atoms with van der Waals surface area (Å²) in [5.41, 5.74) is 12.8. The summed E-state index contributed by atoms with van der Waals surface area (Å²) in [6, 6.07) is 50.4. The van der Waals surface area contributed by atoms with Crippen LogP contribution in [0.3, 0.4) is 0 Å². The summed E-state index contributed by atoms with van der Waals surface area (Å²) < 4.78 is 0. The fraction of sp³-hybridized carbons (Fsp3) is 0.100. The highest BCUT2D eigenvalue weighted by molar-refractivity contribution is 5.80. The van der Waals surface area contributed by atoms with Crippen molar-refractivity contribution in [3.05, 3.63) is 168 Å². The van der Waals surface area contributed by atoms with E-state index in [4.69, 9.17) is 0 Å². The topological polar surface area (TPSA) is 46.9 Å². The SMILES string of the molecule is Cc1ccc(N(c2ccc(CO)cc2)c2ccc(-c3ccc(N(c4ccc(C)cc4)c4ccc(CO)cc4)cc3)cc2)cc1. The smallest absolute Gasteiger partial charge is 0.0681 e. The lowest BCUT2D eigenvalue weighted by Gasteiger charge is -2.26. The van der Waals surface area contributed by atoms with Crippen LogP contribution >= 0.6 is 0 Å². The van der Waals surface area contributed by atoms with Crippen molar-refractivity contribution < 1.29 is 10.2 Å². The van der Waals surface area contributed by atoms with Crippen LogP contribution in [0.5, 0.6) is 0 Å². The molecule has 0 aromatic heterocycles. The first kappa shape index (κ1) is 28.9. The van der Waals surface area contributed by atoms with E-state index in [9.17, 15) is 10.2 Å². The molecule has 0 saturated heterocycles. The normalized spacial score (nSPS) is 10.9. The molecule has 0 aliphatic heterocycles. The molecular formula is C40H36N2O2. The molecule has 44 heavy (non-hydrogen) atoms. The van der Waals surface area contributed by atoms with Crippen LogP contribution in [-0.4, -0.2) is 10.2 Å². The van der Waals surface area contributed by atoms with Gasteiger partial charge in [-0.2, -0.15) is 0 Å². The molecule has 6 aromatic carbocycles. The highest BCUT2D eigenvalue weighted by Crippen LogP contribution is 2.38. The van der Waals surface area contributed by atoms with E-state index in [1.807, 2.05) is 24.3 Å². The first-order valence-electron chi connectivity index (χ1n) is 14.9. The number of benzene rings is 6. The van der Waals surface area contributed by atoms with Gasteiger partial charge in [-0.15, -0.1) is 0 Å². The van der Waals surface area contributed by atoms with Gasteiger partial charge in [-0.05, 0) is 109 Å². The van der Waals surface area contributed by atoms with Crippen molar-refractivity contribution in [2.24, 2.45) is 0 Å². The van der Waals surface area contributed by atoms with Crippen LogP contribution in [0, 0.1) is 13.8 Å². The highest BCUT2D eigenvalue weighted by atomic mass is 16.3. The molecule has 4 nitrogen and oxygen atoms in total. The molecule has 2 N–H and O–H groups in total. The van der Waals surface area contributed by atoms with E-state index >= 15 is 0 Å². The van der Waals surface area contributed by atoms with Crippen molar-refractivity contribution in [3.63, 3.8) is 0 Å². The lowest BCUT2D eigenvalue weighted by atomic mass is 10.0. The van der Waals surface area contributed by atoms with Crippen molar-refractivity contribution in [1.29, 1.82) is 0 Å². The molecule has 0 fully saturated rings. The average Bonchev–Trinajstić information content (AvgIpc) is 3.08. The first-order chi connectivity index (χ1) is 21.5. The maximum absolute atomic E-state index is 9.54. The van der Waals surface area contributed by atoms with Crippen molar-refractivity contribution in [2.75, 3.05) is 9.80 Å². The van der Waals surface area contributed by atoms with Crippen molar-refractivity contribution in [3.8, 4) is 11.1 Å². The molecule has 0 amide bonds. The van der Waals surface area contributed by atoms with E-state index in [1.54, 1.807) is 0 Å². The summed E-state index contributed by atoms with van der Waals surface area (Å²) in [5, 5.41) is 19.1. The molecule has 0 aliphatic carbocycles. The lowest BCUT2D eigenvalue weighted by molar-refractivity contribution is 0.281. The lowest BCUT2D eigenvalue weighted by Crippen LogP contribution is -2.10. The quantitative estimate of drug-likeness (QED) is 0.180. The summed E-state index contributed by atoms with van der Waals surface area (Å²) in [5.74, 6) is 0.